The fraction of sp³-hybridized carbons (Fsp3) is 0.500. The van der Waals surface area contributed by atoms with Crippen LogP contribution in [-0.2, 0) is 16.0 Å². The lowest BCUT2D eigenvalue weighted by Crippen LogP contribution is -2.39. The van der Waals surface area contributed by atoms with Crippen LogP contribution in [0.5, 0.6) is 0 Å². The fourth-order valence-corrected chi connectivity index (χ4v) is 2.21. The van der Waals surface area contributed by atoms with Crippen LogP contribution in [-0.4, -0.2) is 17.0 Å². The van der Waals surface area contributed by atoms with Crippen molar-refractivity contribution in [3.63, 3.8) is 0 Å². The van der Waals surface area contributed by atoms with Crippen LogP contribution >= 0.6 is 0 Å². The Morgan fingerprint density at radius 3 is 2.35 bits per heavy atom. The molecule has 0 aliphatic rings. The van der Waals surface area contributed by atoms with Crippen molar-refractivity contribution in [1.82, 2.24) is 0 Å². The maximum atomic E-state index is 12.3. The predicted molar refractivity (Wildman–Crippen MR) is 79.6 cm³/mol. The third kappa shape index (κ3) is 4.08. The highest BCUT2D eigenvalue weighted by molar-refractivity contribution is 6.05. The number of benzene rings is 1. The van der Waals surface area contributed by atoms with E-state index in [4.69, 9.17) is 0 Å². The average molecular weight is 277 g/mol. The Morgan fingerprint density at radius 2 is 1.85 bits per heavy atom. The molecule has 1 amide bonds. The first-order valence-electron chi connectivity index (χ1n) is 6.89. The van der Waals surface area contributed by atoms with Gasteiger partial charge in [0.1, 0.15) is 5.92 Å². The topological polar surface area (TPSA) is 66.4 Å². The van der Waals surface area contributed by atoms with E-state index in [0.717, 1.165) is 18.4 Å². The van der Waals surface area contributed by atoms with Crippen LogP contribution in [0.4, 0.5) is 5.69 Å². The van der Waals surface area contributed by atoms with Crippen LogP contribution in [0.15, 0.2) is 24.3 Å². The van der Waals surface area contributed by atoms with Gasteiger partial charge in [-0.25, -0.2) is 0 Å². The quantitative estimate of drug-likeness (QED) is 0.811. The fourth-order valence-electron chi connectivity index (χ4n) is 2.21. The second-order valence-electron chi connectivity index (χ2n) is 6.03. The highest BCUT2D eigenvalue weighted by Crippen LogP contribution is 2.28. The van der Waals surface area contributed by atoms with Crippen LogP contribution in [0.2, 0.25) is 0 Å². The Morgan fingerprint density at radius 1 is 1.25 bits per heavy atom. The van der Waals surface area contributed by atoms with Gasteiger partial charge >= 0.3 is 5.97 Å². The van der Waals surface area contributed by atoms with Crippen molar-refractivity contribution >= 4 is 17.6 Å². The van der Waals surface area contributed by atoms with E-state index >= 15 is 0 Å². The minimum atomic E-state index is -1.09. The molecule has 1 rings (SSSR count). The van der Waals surface area contributed by atoms with Gasteiger partial charge in [-0.3, -0.25) is 9.59 Å². The van der Waals surface area contributed by atoms with Gasteiger partial charge in [0.25, 0.3) is 0 Å². The summed E-state index contributed by atoms with van der Waals surface area (Å²) in [5.74, 6) is -2.63. The molecule has 0 aliphatic carbocycles. The zero-order valence-electron chi connectivity index (χ0n) is 12.6. The third-order valence-electron chi connectivity index (χ3n) is 3.17. The summed E-state index contributed by atoms with van der Waals surface area (Å²) in [5.41, 5.74) is 1.10. The van der Waals surface area contributed by atoms with Crippen LogP contribution in [0.25, 0.3) is 0 Å². The van der Waals surface area contributed by atoms with Crippen molar-refractivity contribution in [2.24, 2.45) is 11.3 Å². The molecule has 2 N–H and O–H groups in total. The number of carbonyl (C=O) groups excluding carboxylic acids is 1. The van der Waals surface area contributed by atoms with Crippen molar-refractivity contribution < 1.29 is 14.7 Å². The average Bonchev–Trinajstić information content (AvgIpc) is 2.29. The number of rotatable bonds is 5. The zero-order valence-corrected chi connectivity index (χ0v) is 12.6. The Balaban J connectivity index is 2.97. The van der Waals surface area contributed by atoms with Gasteiger partial charge in [0.2, 0.25) is 5.91 Å². The van der Waals surface area contributed by atoms with Gasteiger partial charge in [0, 0.05) is 5.69 Å². The lowest BCUT2D eigenvalue weighted by Gasteiger charge is -2.26. The molecule has 0 heterocycles. The molecular formula is C16H23NO3. The molecule has 20 heavy (non-hydrogen) atoms. The second-order valence-corrected chi connectivity index (χ2v) is 6.03. The number of carbonyl (C=O) groups is 2. The van der Waals surface area contributed by atoms with Crippen molar-refractivity contribution in [3.05, 3.63) is 29.8 Å². The Hall–Kier alpha value is -1.84. The molecule has 0 fully saturated rings. The van der Waals surface area contributed by atoms with E-state index in [1.54, 1.807) is 20.8 Å². The molecule has 0 saturated carbocycles. The maximum Gasteiger partial charge on any atom is 0.316 e. The molecule has 110 valence electrons. The molecular weight excluding hydrogens is 254 g/mol. The van der Waals surface area contributed by atoms with Crippen LogP contribution in [0, 0.1) is 11.3 Å². The summed E-state index contributed by atoms with van der Waals surface area (Å²) in [4.78, 5) is 23.6. The Labute approximate surface area is 120 Å². The summed E-state index contributed by atoms with van der Waals surface area (Å²) < 4.78 is 0. The lowest BCUT2D eigenvalue weighted by molar-refractivity contribution is -0.149. The smallest absolute Gasteiger partial charge is 0.316 e. The number of amides is 1. The number of hydrogen-bond donors (Lipinski definition) is 2. The molecule has 1 unspecified atom stereocenters. The molecule has 0 aromatic heterocycles. The lowest BCUT2D eigenvalue weighted by atomic mass is 9.80. The zero-order chi connectivity index (χ0) is 15.3. The molecule has 1 atom stereocenters. The molecule has 0 spiro atoms. The molecule has 0 bridgehead atoms. The largest absolute Gasteiger partial charge is 0.481 e. The molecule has 0 radical (unpaired) electrons. The normalized spacial score (nSPS) is 12.8. The van der Waals surface area contributed by atoms with Crippen molar-refractivity contribution in [2.45, 2.75) is 40.5 Å². The van der Waals surface area contributed by atoms with Gasteiger partial charge in [-0.1, -0.05) is 52.3 Å². The van der Waals surface area contributed by atoms with Gasteiger partial charge in [-0.2, -0.15) is 0 Å². The van der Waals surface area contributed by atoms with E-state index in [9.17, 15) is 14.7 Å². The maximum absolute atomic E-state index is 12.3. The van der Waals surface area contributed by atoms with E-state index in [1.807, 2.05) is 24.3 Å². The molecule has 1 aromatic carbocycles. The number of hydrogen-bond acceptors (Lipinski definition) is 2. The van der Waals surface area contributed by atoms with E-state index < -0.39 is 23.2 Å². The van der Waals surface area contributed by atoms with Gasteiger partial charge in [-0.15, -0.1) is 0 Å². The summed E-state index contributed by atoms with van der Waals surface area (Å²) in [6, 6.07) is 7.51. The van der Waals surface area contributed by atoms with Gasteiger partial charge in [0.15, 0.2) is 0 Å². The first kappa shape index (κ1) is 16.2. The number of carboxylic acids is 1. The summed E-state index contributed by atoms with van der Waals surface area (Å²) in [6.45, 7) is 7.32. The minimum Gasteiger partial charge on any atom is -0.481 e. The van der Waals surface area contributed by atoms with E-state index in [0.29, 0.717) is 5.69 Å². The Kier molecular flexibility index (Phi) is 5.31. The summed E-state index contributed by atoms with van der Waals surface area (Å²) in [5, 5.41) is 12.0. The van der Waals surface area contributed by atoms with E-state index in [1.165, 1.54) is 0 Å². The van der Waals surface area contributed by atoms with Crippen LogP contribution in [0.1, 0.15) is 39.7 Å². The molecule has 4 nitrogen and oxygen atoms in total. The summed E-state index contributed by atoms with van der Waals surface area (Å²) >= 11 is 0. The standard InChI is InChI=1S/C16H23NO3/c1-5-8-11-9-6-7-10-12(11)17-14(18)13(15(19)20)16(2,3)4/h6-7,9-10,13H,5,8H2,1-4H3,(H,17,18)(H,19,20). The van der Waals surface area contributed by atoms with Crippen molar-refractivity contribution in [2.75, 3.05) is 5.32 Å². The van der Waals surface area contributed by atoms with Gasteiger partial charge < -0.3 is 10.4 Å². The first-order valence-corrected chi connectivity index (χ1v) is 6.89. The number of nitrogens with one attached hydrogen (secondary N) is 1. The summed E-state index contributed by atoms with van der Waals surface area (Å²) in [6.07, 6.45) is 1.82. The van der Waals surface area contributed by atoms with E-state index in [2.05, 4.69) is 12.2 Å². The third-order valence-corrected chi connectivity index (χ3v) is 3.17. The SMILES string of the molecule is CCCc1ccccc1NC(=O)C(C(=O)O)C(C)(C)C. The van der Waals surface area contributed by atoms with Gasteiger partial charge in [0.05, 0.1) is 0 Å². The molecule has 0 saturated heterocycles. The van der Waals surface area contributed by atoms with Crippen LogP contribution < -0.4 is 5.32 Å². The predicted octanol–water partition coefficient (Wildman–Crippen LogP) is 3.32. The Bertz CT molecular complexity index is 489. The van der Waals surface area contributed by atoms with Crippen molar-refractivity contribution in [1.29, 1.82) is 0 Å². The molecule has 1 aromatic rings. The van der Waals surface area contributed by atoms with E-state index in [-0.39, 0.29) is 0 Å². The number of para-hydroxylation sites is 1. The highest BCUT2D eigenvalue weighted by atomic mass is 16.4. The van der Waals surface area contributed by atoms with Gasteiger partial charge in [-0.05, 0) is 23.5 Å². The number of aliphatic carboxylic acids is 1. The first-order chi connectivity index (χ1) is 9.27. The monoisotopic (exact) mass is 277 g/mol. The highest BCUT2D eigenvalue weighted by Gasteiger charge is 2.37. The second kappa shape index (κ2) is 6.55. The minimum absolute atomic E-state index is 0.464. The summed E-state index contributed by atoms with van der Waals surface area (Å²) in [7, 11) is 0. The number of carboxylic acid groups (broad SMARTS) is 1. The number of aryl methyl sites for hydroxylation is 1. The number of anilines is 1. The van der Waals surface area contributed by atoms with Crippen molar-refractivity contribution in [3.8, 4) is 0 Å². The molecule has 0 aliphatic heterocycles. The van der Waals surface area contributed by atoms with Crippen LogP contribution in [0.3, 0.4) is 0 Å². The molecule has 4 heteroatoms.